The largest absolute Gasteiger partial charge is 0.378 e. The van der Waals surface area contributed by atoms with Crippen molar-refractivity contribution in [2.45, 2.75) is 6.54 Å². The van der Waals surface area contributed by atoms with Crippen LogP contribution in [0.2, 0.25) is 5.02 Å². The summed E-state index contributed by atoms with van der Waals surface area (Å²) in [6.07, 6.45) is 1.95. The van der Waals surface area contributed by atoms with Gasteiger partial charge in [-0.3, -0.25) is 9.91 Å². The van der Waals surface area contributed by atoms with Crippen molar-refractivity contribution in [2.75, 3.05) is 45.2 Å². The van der Waals surface area contributed by atoms with Crippen LogP contribution in [-0.2, 0) is 6.54 Å². The van der Waals surface area contributed by atoms with Gasteiger partial charge in [0.1, 0.15) is 0 Å². The van der Waals surface area contributed by atoms with Crippen molar-refractivity contribution in [3.05, 3.63) is 64.7 Å². The van der Waals surface area contributed by atoms with Crippen LogP contribution in [0.5, 0.6) is 0 Å². The maximum absolute atomic E-state index is 5.94. The Bertz CT molecular complexity index is 687. The molecular formula is C20H25ClN4. The third-order valence-corrected chi connectivity index (χ3v) is 4.70. The Balaban J connectivity index is 1.47. The molecule has 0 bridgehead atoms. The number of benzene rings is 2. The van der Waals surface area contributed by atoms with Crippen LogP contribution in [0, 0.1) is 0 Å². The molecule has 1 fully saturated rings. The summed E-state index contributed by atoms with van der Waals surface area (Å²) in [6.45, 7) is 4.94. The highest BCUT2D eigenvalue weighted by Gasteiger charge is 2.15. The van der Waals surface area contributed by atoms with E-state index in [0.717, 1.165) is 43.3 Å². The molecule has 0 aliphatic carbocycles. The number of halogens is 1. The number of hydrazone groups is 1. The molecule has 1 saturated heterocycles. The van der Waals surface area contributed by atoms with Crippen molar-refractivity contribution < 1.29 is 0 Å². The third-order valence-electron chi connectivity index (χ3n) is 4.45. The van der Waals surface area contributed by atoms with E-state index >= 15 is 0 Å². The van der Waals surface area contributed by atoms with Crippen molar-refractivity contribution >= 4 is 23.5 Å². The minimum Gasteiger partial charge on any atom is -0.378 e. The van der Waals surface area contributed by atoms with Gasteiger partial charge in [0.15, 0.2) is 0 Å². The zero-order valence-electron chi connectivity index (χ0n) is 14.9. The van der Waals surface area contributed by atoms with Crippen molar-refractivity contribution in [1.29, 1.82) is 0 Å². The molecule has 25 heavy (non-hydrogen) atoms. The summed E-state index contributed by atoms with van der Waals surface area (Å²) in [5, 5.41) is 7.58. The molecule has 0 atom stereocenters. The molecule has 4 nitrogen and oxygen atoms in total. The standard InChI is InChI=1S/C20H25ClN4/c1-23(2)20-9-5-17(6-10-20)15-22-25-13-11-24(12-14-25)16-18-3-7-19(21)8-4-18/h3-10,15H,11-14,16H2,1-2H3. The molecular weight excluding hydrogens is 332 g/mol. The van der Waals surface area contributed by atoms with Crippen molar-refractivity contribution in [2.24, 2.45) is 5.10 Å². The average molecular weight is 357 g/mol. The Labute approximate surface area is 155 Å². The zero-order chi connectivity index (χ0) is 17.6. The number of hydrogen-bond donors (Lipinski definition) is 0. The molecule has 0 unspecified atom stereocenters. The lowest BCUT2D eigenvalue weighted by Crippen LogP contribution is -2.43. The first-order valence-electron chi connectivity index (χ1n) is 8.63. The van der Waals surface area contributed by atoms with Crippen molar-refractivity contribution in [3.8, 4) is 0 Å². The van der Waals surface area contributed by atoms with Crippen molar-refractivity contribution in [3.63, 3.8) is 0 Å². The van der Waals surface area contributed by atoms with E-state index in [-0.39, 0.29) is 0 Å². The molecule has 0 N–H and O–H groups in total. The van der Waals surface area contributed by atoms with Crippen LogP contribution in [-0.4, -0.2) is 56.4 Å². The second-order valence-electron chi connectivity index (χ2n) is 6.59. The molecule has 0 spiro atoms. The fraction of sp³-hybridized carbons (Fsp3) is 0.350. The Hall–Kier alpha value is -2.04. The fourth-order valence-corrected chi connectivity index (χ4v) is 2.99. The molecule has 1 aliphatic heterocycles. The van der Waals surface area contributed by atoms with Crippen LogP contribution in [0.25, 0.3) is 0 Å². The van der Waals surface area contributed by atoms with Crippen LogP contribution in [0.15, 0.2) is 53.6 Å². The van der Waals surface area contributed by atoms with Gasteiger partial charge in [0.05, 0.1) is 6.21 Å². The summed E-state index contributed by atoms with van der Waals surface area (Å²) in [5.74, 6) is 0. The molecule has 132 valence electrons. The summed E-state index contributed by atoms with van der Waals surface area (Å²) in [4.78, 5) is 4.56. The number of anilines is 1. The number of hydrogen-bond acceptors (Lipinski definition) is 4. The van der Waals surface area contributed by atoms with E-state index in [1.165, 1.54) is 11.3 Å². The maximum atomic E-state index is 5.94. The lowest BCUT2D eigenvalue weighted by atomic mass is 10.2. The summed E-state index contributed by atoms with van der Waals surface area (Å²) in [6, 6.07) is 16.6. The Morgan fingerprint density at radius 2 is 1.60 bits per heavy atom. The first-order valence-corrected chi connectivity index (χ1v) is 9.01. The molecule has 2 aromatic rings. The first kappa shape index (κ1) is 17.8. The third kappa shape index (κ3) is 5.21. The predicted molar refractivity (Wildman–Crippen MR) is 107 cm³/mol. The topological polar surface area (TPSA) is 22.1 Å². The number of piperazine rings is 1. The molecule has 0 amide bonds. The molecule has 2 aromatic carbocycles. The van der Waals surface area contributed by atoms with Crippen LogP contribution >= 0.6 is 11.6 Å². The Morgan fingerprint density at radius 1 is 0.960 bits per heavy atom. The molecule has 1 heterocycles. The monoisotopic (exact) mass is 356 g/mol. The first-order chi connectivity index (χ1) is 12.1. The van der Waals surface area contributed by atoms with Gasteiger partial charge in [-0.25, -0.2) is 0 Å². The van der Waals surface area contributed by atoms with Gasteiger partial charge in [0.2, 0.25) is 0 Å². The highest BCUT2D eigenvalue weighted by atomic mass is 35.5. The summed E-state index contributed by atoms with van der Waals surface area (Å²) >= 11 is 5.94. The van der Waals surface area contributed by atoms with Gasteiger partial charge in [-0.15, -0.1) is 0 Å². The van der Waals surface area contributed by atoms with Gasteiger partial charge in [-0.2, -0.15) is 5.10 Å². The summed E-state index contributed by atoms with van der Waals surface area (Å²) in [7, 11) is 4.10. The van der Waals surface area contributed by atoms with E-state index in [4.69, 9.17) is 11.6 Å². The second kappa shape index (κ2) is 8.37. The SMILES string of the molecule is CN(C)c1ccc(C=NN2CCN(Cc3ccc(Cl)cc3)CC2)cc1. The second-order valence-corrected chi connectivity index (χ2v) is 7.02. The van der Waals surface area contributed by atoms with Gasteiger partial charge in [0, 0.05) is 57.5 Å². The van der Waals surface area contributed by atoms with Crippen LogP contribution in [0.1, 0.15) is 11.1 Å². The fourth-order valence-electron chi connectivity index (χ4n) is 2.87. The van der Waals surface area contributed by atoms with E-state index in [0.29, 0.717) is 0 Å². The smallest absolute Gasteiger partial charge is 0.0542 e. The minimum atomic E-state index is 0.793. The number of nitrogens with zero attached hydrogens (tertiary/aromatic N) is 4. The van der Waals surface area contributed by atoms with Gasteiger partial charge in [-0.1, -0.05) is 35.9 Å². The van der Waals surface area contributed by atoms with Gasteiger partial charge in [-0.05, 0) is 35.4 Å². The van der Waals surface area contributed by atoms with E-state index in [1.54, 1.807) is 0 Å². The summed E-state index contributed by atoms with van der Waals surface area (Å²) in [5.41, 5.74) is 3.64. The highest BCUT2D eigenvalue weighted by Crippen LogP contribution is 2.14. The van der Waals surface area contributed by atoms with E-state index < -0.39 is 0 Å². The molecule has 1 aliphatic rings. The lowest BCUT2D eigenvalue weighted by Gasteiger charge is -2.33. The van der Waals surface area contributed by atoms with Gasteiger partial charge < -0.3 is 4.90 Å². The number of rotatable bonds is 5. The van der Waals surface area contributed by atoms with Crippen LogP contribution < -0.4 is 4.90 Å². The predicted octanol–water partition coefficient (Wildman–Crippen LogP) is 3.56. The van der Waals surface area contributed by atoms with Gasteiger partial charge in [0.25, 0.3) is 0 Å². The van der Waals surface area contributed by atoms with E-state index in [2.05, 4.69) is 56.3 Å². The van der Waals surface area contributed by atoms with Gasteiger partial charge >= 0.3 is 0 Å². The maximum Gasteiger partial charge on any atom is 0.0542 e. The minimum absolute atomic E-state index is 0.793. The quantitative estimate of drug-likeness (QED) is 0.765. The van der Waals surface area contributed by atoms with E-state index in [9.17, 15) is 0 Å². The average Bonchev–Trinajstić information content (AvgIpc) is 2.63. The van der Waals surface area contributed by atoms with Crippen molar-refractivity contribution in [1.82, 2.24) is 9.91 Å². The van der Waals surface area contributed by atoms with E-state index in [1.807, 2.05) is 32.4 Å². The Morgan fingerprint density at radius 3 is 2.20 bits per heavy atom. The Kier molecular flexibility index (Phi) is 5.95. The summed E-state index contributed by atoms with van der Waals surface area (Å²) < 4.78 is 0. The molecule has 0 radical (unpaired) electrons. The molecule has 3 rings (SSSR count). The zero-order valence-corrected chi connectivity index (χ0v) is 15.7. The van der Waals surface area contributed by atoms with Crippen LogP contribution in [0.4, 0.5) is 5.69 Å². The molecule has 0 saturated carbocycles. The molecule has 5 heteroatoms. The highest BCUT2D eigenvalue weighted by molar-refractivity contribution is 6.30. The lowest BCUT2D eigenvalue weighted by molar-refractivity contribution is 0.131. The molecule has 0 aromatic heterocycles. The van der Waals surface area contributed by atoms with Crippen LogP contribution in [0.3, 0.4) is 0 Å². The normalized spacial score (nSPS) is 15.7.